The van der Waals surface area contributed by atoms with Crippen molar-refractivity contribution in [2.24, 2.45) is 52.8 Å². The first-order valence-corrected chi connectivity index (χ1v) is 36.5. The molecule has 101 heavy (non-hydrogen) atoms. The third-order valence-corrected chi connectivity index (χ3v) is 25.5. The molecular weight excluding hydrogens is 1260 g/mol. The van der Waals surface area contributed by atoms with E-state index in [4.69, 9.17) is 33.9 Å². The van der Waals surface area contributed by atoms with Gasteiger partial charge in [-0.05, 0) is 143 Å². The summed E-state index contributed by atoms with van der Waals surface area (Å²) in [6.07, 6.45) is 25.4. The van der Waals surface area contributed by atoms with Gasteiger partial charge >= 0.3 is 0 Å². The number of carbonyl (C=O) groups excluding carboxylic acids is 3. The van der Waals surface area contributed by atoms with Gasteiger partial charge < -0.3 is 29.2 Å². The summed E-state index contributed by atoms with van der Waals surface area (Å²) >= 11 is 0. The lowest BCUT2D eigenvalue weighted by Gasteiger charge is -2.55. The minimum Gasteiger partial charge on any atom is -0.515 e. The number of rotatable bonds is 7. The molecule has 6 aromatic rings. The number of ketones is 3. The largest absolute Gasteiger partial charge is 0.515 e. The monoisotopic (exact) mass is 1380 g/mol. The van der Waals surface area contributed by atoms with Crippen molar-refractivity contribution in [2.45, 2.75) is 235 Å². The maximum Gasteiger partial charge on any atom is 0.171 e. The molecule has 7 fully saturated rings. The van der Waals surface area contributed by atoms with Gasteiger partial charge in [0.05, 0.1) is 56.0 Å². The van der Waals surface area contributed by atoms with Gasteiger partial charge in [0.15, 0.2) is 40.6 Å². The molecule has 5 heterocycles. The number of hydrogen-bond donors (Lipinski definition) is 2. The van der Waals surface area contributed by atoms with Crippen LogP contribution in [0.1, 0.15) is 222 Å². The minimum absolute atomic E-state index is 0. The van der Waals surface area contributed by atoms with Crippen molar-refractivity contribution in [2.75, 3.05) is 26.4 Å². The number of aryl methyl sites for hydroxylation is 3. The molecule has 8 aliphatic carbocycles. The predicted molar refractivity (Wildman–Crippen MR) is 401 cm³/mol. The number of ether oxygens (including phenoxy) is 4. The first-order chi connectivity index (χ1) is 46.9. The normalized spacial score (nSPS) is 31.2. The fourth-order valence-corrected chi connectivity index (χ4v) is 20.4. The van der Waals surface area contributed by atoms with Crippen LogP contribution in [0.5, 0.6) is 0 Å². The van der Waals surface area contributed by atoms with E-state index in [1.165, 1.54) is 34.5 Å². The van der Waals surface area contributed by atoms with Crippen LogP contribution in [0.2, 0.25) is 0 Å². The van der Waals surface area contributed by atoms with E-state index in [2.05, 4.69) is 113 Å². The van der Waals surface area contributed by atoms with E-state index in [0.717, 1.165) is 162 Å². The molecule has 12 atom stereocenters. The maximum atomic E-state index is 12.7. The number of allylic oxidation sites excluding steroid dienone is 2. The molecule has 2 saturated heterocycles. The lowest BCUT2D eigenvalue weighted by Crippen LogP contribution is -2.56. The zero-order valence-corrected chi connectivity index (χ0v) is 58.4. The quantitative estimate of drug-likeness (QED) is 0.113. The van der Waals surface area contributed by atoms with Crippen LogP contribution in [-0.4, -0.2) is 95.5 Å². The Morgan fingerprint density at radius 2 is 0.792 bits per heavy atom. The van der Waals surface area contributed by atoms with Crippen molar-refractivity contribution >= 4 is 17.3 Å². The number of benzene rings is 3. The molecule has 3 aromatic heterocycles. The zero-order chi connectivity index (χ0) is 67.9. The number of hydrogen-bond acceptors (Lipinski definition) is 15. The van der Waals surface area contributed by atoms with Gasteiger partial charge in [-0.1, -0.05) is 176 Å². The average Bonchev–Trinajstić information content (AvgIpc) is 1.74. The molecule has 5 saturated carbocycles. The summed E-state index contributed by atoms with van der Waals surface area (Å²) in [5.41, 5.74) is 11.0. The van der Waals surface area contributed by atoms with Gasteiger partial charge in [0, 0.05) is 111 Å². The number of fused-ring (bicyclic) bond motifs is 10. The molecule has 2 spiro atoms. The molecular formula is C86H116N6O9. The molecule has 15 heteroatoms. The summed E-state index contributed by atoms with van der Waals surface area (Å²) in [5.74, 6) is 4.63. The van der Waals surface area contributed by atoms with E-state index in [1.54, 1.807) is 0 Å². The zero-order valence-electron chi connectivity index (χ0n) is 58.4. The molecule has 2 aliphatic heterocycles. The molecule has 0 amide bonds. The van der Waals surface area contributed by atoms with Gasteiger partial charge in [-0.25, -0.2) is 29.9 Å². The fraction of sp³-hybridized carbons (Fsp3) is 0.570. The molecule has 15 nitrogen and oxygen atoms in total. The summed E-state index contributed by atoms with van der Waals surface area (Å²) in [6, 6.07) is 30.5. The van der Waals surface area contributed by atoms with Gasteiger partial charge in [0.2, 0.25) is 0 Å². The molecule has 16 rings (SSSR count). The number of Topliss-reactive ketones (excluding diaryl/α,β-unsaturated/α-hetero) is 3. The minimum atomic E-state index is -0.459. The van der Waals surface area contributed by atoms with E-state index in [-0.39, 0.29) is 98.3 Å². The summed E-state index contributed by atoms with van der Waals surface area (Å²) in [4.78, 5) is 66.8. The molecule has 10 aliphatic rings. The van der Waals surface area contributed by atoms with Crippen LogP contribution in [0.15, 0.2) is 133 Å². The van der Waals surface area contributed by atoms with Gasteiger partial charge in [0.1, 0.15) is 5.78 Å². The van der Waals surface area contributed by atoms with Crippen molar-refractivity contribution in [3.05, 3.63) is 167 Å². The molecule has 3 aromatic carbocycles. The molecule has 544 valence electrons. The van der Waals surface area contributed by atoms with Crippen molar-refractivity contribution in [1.29, 1.82) is 0 Å². The summed E-state index contributed by atoms with van der Waals surface area (Å²) in [7, 11) is 0. The van der Waals surface area contributed by atoms with Crippen LogP contribution in [0.4, 0.5) is 0 Å². The maximum absolute atomic E-state index is 12.7. The second-order valence-electron chi connectivity index (χ2n) is 30.3. The number of nitrogens with zero attached hydrogens (tertiary/aromatic N) is 6. The fourth-order valence-electron chi connectivity index (χ4n) is 20.4. The second kappa shape index (κ2) is 31.8. The summed E-state index contributed by atoms with van der Waals surface area (Å²) < 4.78 is 24.3. The van der Waals surface area contributed by atoms with E-state index in [0.29, 0.717) is 67.2 Å². The third kappa shape index (κ3) is 13.9. The van der Waals surface area contributed by atoms with E-state index < -0.39 is 5.79 Å². The first-order valence-electron chi connectivity index (χ1n) is 36.5. The number of aliphatic hydroxyl groups excluding tert-OH is 2. The topological polar surface area (TPSA) is 206 Å². The third-order valence-electron chi connectivity index (χ3n) is 25.5. The Morgan fingerprint density at radius 3 is 1.20 bits per heavy atom. The van der Waals surface area contributed by atoms with Crippen molar-refractivity contribution in [3.63, 3.8) is 0 Å². The van der Waals surface area contributed by atoms with Crippen LogP contribution in [0.3, 0.4) is 0 Å². The Bertz CT molecular complexity index is 3910. The summed E-state index contributed by atoms with van der Waals surface area (Å²) in [6.45, 7) is 20.5. The molecule has 0 unspecified atom stereocenters. The van der Waals surface area contributed by atoms with Gasteiger partial charge in [-0.15, -0.1) is 0 Å². The summed E-state index contributed by atoms with van der Waals surface area (Å²) in [5, 5.41) is 18.9. The van der Waals surface area contributed by atoms with E-state index in [1.807, 2.05) is 67.0 Å². The second-order valence-corrected chi connectivity index (χ2v) is 30.3. The highest BCUT2D eigenvalue weighted by Crippen LogP contribution is 2.60. The lowest BCUT2D eigenvalue weighted by atomic mass is 9.53. The van der Waals surface area contributed by atoms with Gasteiger partial charge in [0.25, 0.3) is 0 Å². The van der Waals surface area contributed by atoms with Crippen LogP contribution in [0, 0.1) is 52.8 Å². The van der Waals surface area contributed by atoms with Crippen LogP contribution >= 0.6 is 0 Å². The molecule has 2 N–H and O–H groups in total. The van der Waals surface area contributed by atoms with Crippen molar-refractivity contribution < 1.29 is 43.5 Å². The first kappa shape index (κ1) is 78.0. The van der Waals surface area contributed by atoms with Crippen molar-refractivity contribution in [3.8, 4) is 34.2 Å². The van der Waals surface area contributed by atoms with Crippen LogP contribution in [-0.2, 0) is 68.8 Å². The molecule has 0 bridgehead atoms. The predicted octanol–water partition coefficient (Wildman–Crippen LogP) is 18.8. The average molecular weight is 1380 g/mol. The number of aliphatic hydroxyl groups is 2. The highest BCUT2D eigenvalue weighted by atomic mass is 16.7. The van der Waals surface area contributed by atoms with Gasteiger partial charge in [-0.2, -0.15) is 0 Å². The standard InChI is InChI=1S/C23H28N2O2.C22H24N2O2.C21H24N2O.C16H24O4.4CH4/c1-3-18-19-10-9-17-15-24-21(16-7-5-4-6-8-16)25-20(17)22(19,2)11-12-23(18)26-13-14-27-23;1-3-17-18-10-9-15-12-23-21(14-7-5-4-6-8-14)24-20(15)22(18,2)11-16(13-25)19(17)26;1-3-16-17-10-9-15-13-22-20(14-7-5-4-6-8-14)23-19(15)21(17,2)12-11-18(16)24;1-3-12-13-5-4-11(10-17)14(18)15(13,2)6-7-16(12)19-8-9-20-16;;;;/h4-8,15,18-19H,3,9-14H2,1-2H3;4-8,12-13,17-18,25H,3,9-11H2,1-2H3;4-8,13,16-17H,3,9-12H2,1-2H3;10,12-13,17H,3-9H2,1-2H3;4*1H4/b;16-13-;;11-10+;;;;/t18-,19-,22-;17-,18-,22-;16-,17-,21-;12-,13-,15-;;;;/m0000..../s1. The highest BCUT2D eigenvalue weighted by Gasteiger charge is 2.61. The Labute approximate surface area is 603 Å². The Morgan fingerprint density at radius 1 is 0.426 bits per heavy atom. The van der Waals surface area contributed by atoms with Crippen LogP contribution < -0.4 is 0 Å². The highest BCUT2D eigenvalue weighted by molar-refractivity contribution is 6.00. The Balaban J connectivity index is 0.000000156. The Kier molecular flexibility index (Phi) is 24.6. The molecule has 0 radical (unpaired) electrons. The number of aromatic nitrogens is 6. The van der Waals surface area contributed by atoms with Crippen molar-refractivity contribution in [1.82, 2.24) is 29.9 Å². The van der Waals surface area contributed by atoms with Gasteiger partial charge in [-0.3, -0.25) is 14.4 Å². The SMILES string of the molecule is C.C.C.C.CC[C@@H]1C(=O)/C(=C\O)C[C@]2(C)c3nc(-c4ccccc4)ncc3CC[C@@H]12.CC[C@@H]1C(=O)CC[C@]2(C)c3nc(-c4ccccc4)ncc3CC[C@@H]12.CC[C@H]1[C@@H]2CC/C(=C\O)C(=O)[C@@]2(C)CCC12OCCO2.CC[C@H]1[C@@H]2CCc3cnc(-c4ccccc4)nc3[C@@]2(C)CCC12OCCO2. The van der Waals surface area contributed by atoms with E-state index >= 15 is 0 Å². The Hall–Kier alpha value is -7.17. The smallest absolute Gasteiger partial charge is 0.171 e. The van der Waals surface area contributed by atoms with E-state index in [9.17, 15) is 24.6 Å². The lowest BCUT2D eigenvalue weighted by molar-refractivity contribution is -0.246. The number of carbonyl (C=O) groups is 3. The van der Waals surface area contributed by atoms with Crippen LogP contribution in [0.25, 0.3) is 34.2 Å².